The van der Waals surface area contributed by atoms with Crippen LogP contribution in [0.15, 0.2) is 24.3 Å². The molecule has 1 fully saturated rings. The van der Waals surface area contributed by atoms with Crippen molar-refractivity contribution in [2.45, 2.75) is 32.0 Å². The number of fused-ring (bicyclic) bond motifs is 1. The number of primary amides is 1. The first-order chi connectivity index (χ1) is 10.6. The fourth-order valence-electron chi connectivity index (χ4n) is 3.48. The Morgan fingerprint density at radius 1 is 1.32 bits per heavy atom. The van der Waals surface area contributed by atoms with E-state index in [1.807, 2.05) is 6.92 Å². The Bertz CT molecular complexity index is 534. The zero-order chi connectivity index (χ0) is 15.5. The third-order valence-electron chi connectivity index (χ3n) is 4.55. The molecule has 1 amide bonds. The highest BCUT2D eigenvalue weighted by molar-refractivity contribution is 5.79. The van der Waals surface area contributed by atoms with E-state index in [9.17, 15) is 4.79 Å². The molecule has 5 heteroatoms. The summed E-state index contributed by atoms with van der Waals surface area (Å²) in [5.41, 5.74) is 8.20. The molecular weight excluding hydrogens is 278 g/mol. The number of nitrogens with zero attached hydrogens (tertiary/aromatic N) is 2. The molecule has 2 N–H and O–H groups in total. The Morgan fingerprint density at radius 2 is 2.14 bits per heavy atom. The zero-order valence-electron chi connectivity index (χ0n) is 13.2. The lowest BCUT2D eigenvalue weighted by Crippen LogP contribution is -2.53. The summed E-state index contributed by atoms with van der Waals surface area (Å²) in [5.74, 6) is -0.361. The summed E-state index contributed by atoms with van der Waals surface area (Å²) in [6, 6.07) is 8.66. The summed E-state index contributed by atoms with van der Waals surface area (Å²) in [4.78, 5) is 16.1. The summed E-state index contributed by atoms with van der Waals surface area (Å²) >= 11 is 0. The molecule has 0 bridgehead atoms. The number of rotatable bonds is 4. The van der Waals surface area contributed by atoms with Gasteiger partial charge in [-0.25, -0.2) is 0 Å². The number of para-hydroxylation sites is 1. The molecule has 2 aliphatic heterocycles. The maximum atomic E-state index is 11.4. The van der Waals surface area contributed by atoms with E-state index in [2.05, 4.69) is 34.1 Å². The van der Waals surface area contributed by atoms with Gasteiger partial charge in [0.05, 0.1) is 6.10 Å². The van der Waals surface area contributed by atoms with Crippen molar-refractivity contribution in [3.63, 3.8) is 0 Å². The number of hydrogen-bond donors (Lipinski definition) is 1. The number of hydrogen-bond acceptors (Lipinski definition) is 4. The number of aryl methyl sites for hydroxylation is 1. The predicted octanol–water partition coefficient (Wildman–Crippen LogP) is 1.01. The maximum Gasteiger partial charge on any atom is 0.247 e. The van der Waals surface area contributed by atoms with Gasteiger partial charge in [0.1, 0.15) is 6.10 Å². The van der Waals surface area contributed by atoms with Crippen LogP contribution in [0.5, 0.6) is 0 Å². The van der Waals surface area contributed by atoms with E-state index in [-0.39, 0.29) is 12.0 Å². The number of benzene rings is 1. The van der Waals surface area contributed by atoms with Gasteiger partial charge in [0.25, 0.3) is 0 Å². The highest BCUT2D eigenvalue weighted by Crippen LogP contribution is 2.26. The van der Waals surface area contributed by atoms with Crippen LogP contribution < -0.4 is 10.6 Å². The van der Waals surface area contributed by atoms with E-state index in [1.54, 1.807) is 0 Å². The second-order valence-corrected chi connectivity index (χ2v) is 6.32. The number of nitrogens with two attached hydrogens (primary N) is 1. The van der Waals surface area contributed by atoms with Gasteiger partial charge in [0, 0.05) is 38.4 Å². The van der Waals surface area contributed by atoms with Gasteiger partial charge in [0.15, 0.2) is 0 Å². The molecule has 2 atom stereocenters. The van der Waals surface area contributed by atoms with Gasteiger partial charge in [-0.3, -0.25) is 9.69 Å². The molecular formula is C17H25N3O2. The van der Waals surface area contributed by atoms with Crippen LogP contribution in [0.4, 0.5) is 5.69 Å². The van der Waals surface area contributed by atoms with Crippen LogP contribution in [0.2, 0.25) is 0 Å². The third-order valence-corrected chi connectivity index (χ3v) is 4.55. The predicted molar refractivity (Wildman–Crippen MR) is 86.9 cm³/mol. The van der Waals surface area contributed by atoms with Crippen molar-refractivity contribution in [2.24, 2.45) is 5.73 Å². The molecule has 0 radical (unpaired) electrons. The van der Waals surface area contributed by atoms with E-state index < -0.39 is 6.10 Å². The minimum atomic E-state index is -0.475. The fourth-order valence-corrected chi connectivity index (χ4v) is 3.48. The van der Waals surface area contributed by atoms with Gasteiger partial charge >= 0.3 is 0 Å². The van der Waals surface area contributed by atoms with E-state index in [1.165, 1.54) is 24.1 Å². The molecule has 1 aromatic carbocycles. The Balaban J connectivity index is 1.60. The molecule has 2 aliphatic rings. The van der Waals surface area contributed by atoms with E-state index in [4.69, 9.17) is 10.5 Å². The zero-order valence-corrected chi connectivity index (χ0v) is 13.2. The summed E-state index contributed by atoms with van der Waals surface area (Å²) in [6.45, 7) is 6.49. The minimum Gasteiger partial charge on any atom is -0.370 e. The maximum absolute atomic E-state index is 11.4. The van der Waals surface area contributed by atoms with E-state index in [0.717, 1.165) is 26.2 Å². The number of ether oxygens (including phenoxy) is 1. The summed E-state index contributed by atoms with van der Waals surface area (Å²) in [7, 11) is 0. The van der Waals surface area contributed by atoms with Crippen LogP contribution >= 0.6 is 0 Å². The second-order valence-electron chi connectivity index (χ2n) is 6.32. The van der Waals surface area contributed by atoms with Crippen molar-refractivity contribution in [3.05, 3.63) is 29.8 Å². The van der Waals surface area contributed by atoms with Crippen molar-refractivity contribution < 1.29 is 9.53 Å². The molecule has 0 aliphatic carbocycles. The van der Waals surface area contributed by atoms with E-state index in [0.29, 0.717) is 6.54 Å². The monoisotopic (exact) mass is 303 g/mol. The van der Waals surface area contributed by atoms with Gasteiger partial charge in [-0.15, -0.1) is 0 Å². The SMILES string of the molecule is C[C@@H]1CN(CCN2CCCc3ccccc32)CC(C(N)=O)O1. The van der Waals surface area contributed by atoms with Gasteiger partial charge in [-0.1, -0.05) is 18.2 Å². The second kappa shape index (κ2) is 6.67. The van der Waals surface area contributed by atoms with Crippen LogP contribution in [-0.2, 0) is 16.0 Å². The van der Waals surface area contributed by atoms with Gasteiger partial charge < -0.3 is 15.4 Å². The first-order valence-electron chi connectivity index (χ1n) is 8.13. The number of morpholine rings is 1. The Morgan fingerprint density at radius 3 is 2.95 bits per heavy atom. The van der Waals surface area contributed by atoms with E-state index >= 15 is 0 Å². The standard InChI is InChI=1S/C17H25N3O2/c1-13-11-19(12-16(22-13)17(18)21)9-10-20-8-4-6-14-5-2-3-7-15(14)20/h2-3,5,7,13,16H,4,6,8-12H2,1H3,(H2,18,21)/t13-,16?/m1/s1. The van der Waals surface area contributed by atoms with Crippen molar-refractivity contribution in [1.29, 1.82) is 0 Å². The first kappa shape index (κ1) is 15.3. The molecule has 2 heterocycles. The van der Waals surface area contributed by atoms with Crippen LogP contribution in [0, 0.1) is 0 Å². The number of carbonyl (C=O) groups excluding carboxylic acids is 1. The van der Waals surface area contributed by atoms with Crippen LogP contribution in [0.25, 0.3) is 0 Å². The van der Waals surface area contributed by atoms with Crippen molar-refractivity contribution >= 4 is 11.6 Å². The Labute approximate surface area is 132 Å². The quantitative estimate of drug-likeness (QED) is 0.902. The lowest BCUT2D eigenvalue weighted by molar-refractivity contribution is -0.142. The van der Waals surface area contributed by atoms with Crippen molar-refractivity contribution in [2.75, 3.05) is 37.6 Å². The molecule has 1 unspecified atom stereocenters. The topological polar surface area (TPSA) is 58.8 Å². The van der Waals surface area contributed by atoms with Crippen LogP contribution in [0.1, 0.15) is 18.9 Å². The number of anilines is 1. The van der Waals surface area contributed by atoms with Crippen molar-refractivity contribution in [3.8, 4) is 0 Å². The van der Waals surface area contributed by atoms with Crippen LogP contribution in [0.3, 0.4) is 0 Å². The molecule has 1 saturated heterocycles. The molecule has 0 aromatic heterocycles. The minimum absolute atomic E-state index is 0.0555. The third kappa shape index (κ3) is 3.42. The normalized spacial score (nSPS) is 25.8. The van der Waals surface area contributed by atoms with Gasteiger partial charge in [0.2, 0.25) is 5.91 Å². The summed E-state index contributed by atoms with van der Waals surface area (Å²) in [6.07, 6.45) is 1.96. The summed E-state index contributed by atoms with van der Waals surface area (Å²) in [5, 5.41) is 0. The molecule has 5 nitrogen and oxygen atoms in total. The first-order valence-corrected chi connectivity index (χ1v) is 8.13. The number of amides is 1. The Hall–Kier alpha value is -1.59. The average molecular weight is 303 g/mol. The molecule has 120 valence electrons. The highest BCUT2D eigenvalue weighted by atomic mass is 16.5. The van der Waals surface area contributed by atoms with Crippen LogP contribution in [-0.4, -0.2) is 55.7 Å². The largest absolute Gasteiger partial charge is 0.370 e. The lowest BCUT2D eigenvalue weighted by atomic mass is 10.0. The lowest BCUT2D eigenvalue weighted by Gasteiger charge is -2.38. The molecule has 0 spiro atoms. The Kier molecular flexibility index (Phi) is 4.64. The smallest absolute Gasteiger partial charge is 0.247 e. The average Bonchev–Trinajstić information content (AvgIpc) is 2.52. The molecule has 3 rings (SSSR count). The molecule has 22 heavy (non-hydrogen) atoms. The van der Waals surface area contributed by atoms with Gasteiger partial charge in [-0.2, -0.15) is 0 Å². The summed E-state index contributed by atoms with van der Waals surface area (Å²) < 4.78 is 5.60. The molecule has 1 aromatic rings. The number of carbonyl (C=O) groups is 1. The highest BCUT2D eigenvalue weighted by Gasteiger charge is 2.29. The van der Waals surface area contributed by atoms with Crippen molar-refractivity contribution in [1.82, 2.24) is 4.90 Å². The molecule has 0 saturated carbocycles. The van der Waals surface area contributed by atoms with Gasteiger partial charge in [-0.05, 0) is 31.4 Å². The fraction of sp³-hybridized carbons (Fsp3) is 0.588.